The smallest absolute Gasteiger partial charge is 0.339 e. The molecule has 1 aliphatic rings. The first-order valence-electron chi connectivity index (χ1n) is 5.99. The molecule has 0 aliphatic carbocycles. The Kier molecular flexibility index (Phi) is 4.01. The number of anilines is 1. The molecule has 19 heavy (non-hydrogen) atoms. The zero-order valence-corrected chi connectivity index (χ0v) is 10.6. The summed E-state index contributed by atoms with van der Waals surface area (Å²) in [6, 6.07) is 6.87. The molecule has 0 bridgehead atoms. The van der Waals surface area contributed by atoms with Gasteiger partial charge in [-0.15, -0.1) is 0 Å². The van der Waals surface area contributed by atoms with Gasteiger partial charge in [0.1, 0.15) is 0 Å². The number of carbonyl (C=O) groups is 2. The Bertz CT molecular complexity index is 472. The number of nitrogens with one attached hydrogen (secondary N) is 1. The average Bonchev–Trinajstić information content (AvgIpc) is 2.46. The molecule has 0 saturated carbocycles. The quantitative estimate of drug-likeness (QED) is 0.741. The average molecular weight is 264 g/mol. The molecule has 1 saturated heterocycles. The van der Waals surface area contributed by atoms with Gasteiger partial charge in [-0.2, -0.15) is 0 Å². The molecule has 1 unspecified atom stereocenters. The second kappa shape index (κ2) is 5.71. The van der Waals surface area contributed by atoms with Crippen LogP contribution in [0.15, 0.2) is 24.3 Å². The monoisotopic (exact) mass is 264 g/mol. The molecule has 6 heteroatoms. The lowest BCUT2D eigenvalue weighted by Gasteiger charge is -2.28. The van der Waals surface area contributed by atoms with Crippen LogP contribution in [0.5, 0.6) is 0 Å². The predicted octanol–water partition coefficient (Wildman–Crippen LogP) is -0.171. The van der Waals surface area contributed by atoms with E-state index in [-0.39, 0.29) is 5.91 Å². The lowest BCUT2D eigenvalue weighted by Crippen LogP contribution is -2.47. The van der Waals surface area contributed by atoms with Gasteiger partial charge in [-0.25, -0.2) is 4.79 Å². The molecule has 1 fully saturated rings. The molecule has 102 valence electrons. The zero-order chi connectivity index (χ0) is 13.8. The Balaban J connectivity index is 2.09. The van der Waals surface area contributed by atoms with Crippen molar-refractivity contribution in [2.24, 2.45) is 0 Å². The van der Waals surface area contributed by atoms with Crippen LogP contribution in [0.2, 0.25) is 0 Å². The van der Waals surface area contributed by atoms with Crippen molar-refractivity contribution in [2.75, 3.05) is 31.6 Å². The van der Waals surface area contributed by atoms with Gasteiger partial charge in [0, 0.05) is 18.8 Å². The summed E-state index contributed by atoms with van der Waals surface area (Å²) in [5.74, 6) is -0.699. The number of rotatable bonds is 3. The maximum absolute atomic E-state index is 11.3. The Labute approximate surface area is 111 Å². The van der Waals surface area contributed by atoms with Crippen LogP contribution in [0.3, 0.4) is 0 Å². The number of carbonyl (C=O) groups excluding carboxylic acids is 2. The van der Waals surface area contributed by atoms with E-state index in [9.17, 15) is 14.7 Å². The number of hydrogen-bond acceptors (Lipinski definition) is 5. The number of amides is 1. The molecule has 1 amide bonds. The minimum Gasteiger partial charge on any atom is -0.467 e. The van der Waals surface area contributed by atoms with Crippen LogP contribution in [-0.4, -0.2) is 43.7 Å². The standard InChI is InChI=1S/C13H16N2O4/c1-19-13(18)12(17)9-2-4-10(5-3-9)15-7-6-14-11(16)8-15/h2-5,12,17H,6-8H2,1H3,(H,14,16). The first-order valence-corrected chi connectivity index (χ1v) is 5.99. The number of benzene rings is 1. The van der Waals surface area contributed by atoms with Crippen molar-refractivity contribution in [3.63, 3.8) is 0 Å². The number of piperazine rings is 1. The summed E-state index contributed by atoms with van der Waals surface area (Å²) < 4.78 is 4.47. The van der Waals surface area contributed by atoms with Gasteiger partial charge in [0.05, 0.1) is 13.7 Å². The summed E-state index contributed by atoms with van der Waals surface area (Å²) in [6.45, 7) is 1.68. The van der Waals surface area contributed by atoms with Crippen LogP contribution in [0.25, 0.3) is 0 Å². The molecule has 1 aromatic carbocycles. The normalized spacial score (nSPS) is 16.7. The molecule has 2 N–H and O–H groups in total. The SMILES string of the molecule is COC(=O)C(O)c1ccc(N2CCNC(=O)C2)cc1. The highest BCUT2D eigenvalue weighted by molar-refractivity contribution is 5.82. The third-order valence-electron chi connectivity index (χ3n) is 3.04. The molecule has 0 aromatic heterocycles. The fourth-order valence-corrected chi connectivity index (χ4v) is 1.97. The first kappa shape index (κ1) is 13.4. The van der Waals surface area contributed by atoms with Crippen molar-refractivity contribution < 1.29 is 19.4 Å². The van der Waals surface area contributed by atoms with Crippen molar-refractivity contribution in [2.45, 2.75) is 6.10 Å². The van der Waals surface area contributed by atoms with Crippen LogP contribution >= 0.6 is 0 Å². The van der Waals surface area contributed by atoms with E-state index < -0.39 is 12.1 Å². The Morgan fingerprint density at radius 3 is 2.68 bits per heavy atom. The van der Waals surface area contributed by atoms with Crippen LogP contribution in [0, 0.1) is 0 Å². The number of nitrogens with zero attached hydrogens (tertiary/aromatic N) is 1. The van der Waals surface area contributed by atoms with E-state index in [2.05, 4.69) is 10.1 Å². The molecule has 2 rings (SSSR count). The predicted molar refractivity (Wildman–Crippen MR) is 68.6 cm³/mol. The second-order valence-electron chi connectivity index (χ2n) is 4.29. The lowest BCUT2D eigenvalue weighted by molar-refractivity contribution is -0.150. The number of aliphatic hydroxyl groups is 1. The molecular formula is C13H16N2O4. The summed E-state index contributed by atoms with van der Waals surface area (Å²) in [6.07, 6.45) is -1.27. The van der Waals surface area contributed by atoms with E-state index in [0.29, 0.717) is 18.7 Å². The Hall–Kier alpha value is -2.08. The summed E-state index contributed by atoms with van der Waals surface area (Å²) >= 11 is 0. The van der Waals surface area contributed by atoms with Gasteiger partial charge in [-0.1, -0.05) is 12.1 Å². The van der Waals surface area contributed by atoms with Crippen molar-refractivity contribution >= 4 is 17.6 Å². The third kappa shape index (κ3) is 3.03. The van der Waals surface area contributed by atoms with Crippen molar-refractivity contribution in [3.05, 3.63) is 29.8 Å². The fourth-order valence-electron chi connectivity index (χ4n) is 1.97. The van der Waals surface area contributed by atoms with Crippen molar-refractivity contribution in [3.8, 4) is 0 Å². The Morgan fingerprint density at radius 1 is 1.42 bits per heavy atom. The van der Waals surface area contributed by atoms with Crippen molar-refractivity contribution in [1.29, 1.82) is 0 Å². The van der Waals surface area contributed by atoms with Crippen LogP contribution in [0.4, 0.5) is 5.69 Å². The fraction of sp³-hybridized carbons (Fsp3) is 0.385. The second-order valence-corrected chi connectivity index (χ2v) is 4.29. The van der Waals surface area contributed by atoms with Crippen LogP contribution < -0.4 is 10.2 Å². The molecule has 1 atom stereocenters. The maximum Gasteiger partial charge on any atom is 0.339 e. The highest BCUT2D eigenvalue weighted by atomic mass is 16.5. The van der Waals surface area contributed by atoms with Gasteiger partial charge in [0.25, 0.3) is 0 Å². The van der Waals surface area contributed by atoms with E-state index >= 15 is 0 Å². The summed E-state index contributed by atoms with van der Waals surface area (Å²) in [4.78, 5) is 24.4. The number of ether oxygens (including phenoxy) is 1. The van der Waals surface area contributed by atoms with E-state index in [4.69, 9.17) is 0 Å². The zero-order valence-electron chi connectivity index (χ0n) is 10.6. The summed E-state index contributed by atoms with van der Waals surface area (Å²) in [5, 5.41) is 12.4. The molecule has 6 nitrogen and oxygen atoms in total. The van der Waals surface area contributed by atoms with Gasteiger partial charge >= 0.3 is 5.97 Å². The largest absolute Gasteiger partial charge is 0.467 e. The first-order chi connectivity index (χ1) is 9.11. The third-order valence-corrected chi connectivity index (χ3v) is 3.04. The van der Waals surface area contributed by atoms with E-state index in [0.717, 1.165) is 12.2 Å². The summed E-state index contributed by atoms with van der Waals surface area (Å²) in [7, 11) is 1.23. The molecule has 1 aliphatic heterocycles. The molecule has 1 aromatic rings. The summed E-state index contributed by atoms with van der Waals surface area (Å²) in [5.41, 5.74) is 1.35. The van der Waals surface area contributed by atoms with Gasteiger partial charge in [-0.3, -0.25) is 4.79 Å². The van der Waals surface area contributed by atoms with Crippen molar-refractivity contribution in [1.82, 2.24) is 5.32 Å². The van der Waals surface area contributed by atoms with E-state index in [1.54, 1.807) is 24.3 Å². The highest BCUT2D eigenvalue weighted by Crippen LogP contribution is 2.20. The number of methoxy groups -OCH3 is 1. The van der Waals surface area contributed by atoms with E-state index in [1.807, 2.05) is 4.90 Å². The molecular weight excluding hydrogens is 248 g/mol. The van der Waals surface area contributed by atoms with Crippen LogP contribution in [-0.2, 0) is 14.3 Å². The minimum absolute atomic E-state index is 0.00933. The number of esters is 1. The highest BCUT2D eigenvalue weighted by Gasteiger charge is 2.19. The van der Waals surface area contributed by atoms with Gasteiger partial charge in [-0.05, 0) is 17.7 Å². The van der Waals surface area contributed by atoms with E-state index in [1.165, 1.54) is 7.11 Å². The van der Waals surface area contributed by atoms with Gasteiger partial charge in [0.2, 0.25) is 5.91 Å². The molecule has 1 heterocycles. The topological polar surface area (TPSA) is 78.9 Å². The van der Waals surface area contributed by atoms with Crippen LogP contribution in [0.1, 0.15) is 11.7 Å². The number of aliphatic hydroxyl groups excluding tert-OH is 1. The van der Waals surface area contributed by atoms with Gasteiger partial charge < -0.3 is 20.1 Å². The Morgan fingerprint density at radius 2 is 2.11 bits per heavy atom. The lowest BCUT2D eigenvalue weighted by atomic mass is 10.1. The number of hydrogen-bond donors (Lipinski definition) is 2. The van der Waals surface area contributed by atoms with Gasteiger partial charge in [0.15, 0.2) is 6.10 Å². The molecule has 0 spiro atoms. The maximum atomic E-state index is 11.3. The molecule has 0 radical (unpaired) electrons. The minimum atomic E-state index is -1.27.